The summed E-state index contributed by atoms with van der Waals surface area (Å²) in [5, 5.41) is 12.4. The van der Waals surface area contributed by atoms with Crippen molar-refractivity contribution in [3.63, 3.8) is 0 Å². The maximum Gasteiger partial charge on any atom is 0.210 e. The van der Waals surface area contributed by atoms with E-state index in [2.05, 4.69) is 10.4 Å². The van der Waals surface area contributed by atoms with Crippen molar-refractivity contribution in [1.29, 1.82) is 0 Å². The number of sulfonamides is 1. The predicted molar refractivity (Wildman–Crippen MR) is 68.5 cm³/mol. The first-order valence-electron chi connectivity index (χ1n) is 5.52. The van der Waals surface area contributed by atoms with Crippen LogP contribution < -0.4 is 10.5 Å². The lowest BCUT2D eigenvalue weighted by Gasteiger charge is -2.09. The van der Waals surface area contributed by atoms with Crippen LogP contribution in [0.1, 0.15) is 31.3 Å². The molecule has 0 bridgehead atoms. The number of hydrogen-bond donors (Lipinski definition) is 2. The molecule has 0 saturated heterocycles. The first kappa shape index (κ1) is 14.0. The summed E-state index contributed by atoms with van der Waals surface area (Å²) in [6.07, 6.45) is 0. The molecule has 0 saturated carbocycles. The van der Waals surface area contributed by atoms with E-state index in [1.54, 1.807) is 0 Å². The molecule has 0 unspecified atom stereocenters. The molecule has 6 nitrogen and oxygen atoms in total. The van der Waals surface area contributed by atoms with Gasteiger partial charge in [-0.15, -0.1) is 0 Å². The van der Waals surface area contributed by atoms with Crippen LogP contribution in [0.2, 0.25) is 0 Å². The molecule has 98 valence electrons. The average molecular weight is 260 g/mol. The number of hydrogen-bond acceptors (Lipinski definition) is 4. The van der Waals surface area contributed by atoms with Crippen molar-refractivity contribution in [2.75, 3.05) is 17.6 Å². The predicted octanol–water partition coefficient (Wildman–Crippen LogP) is 0.781. The Labute approximate surface area is 102 Å². The molecule has 0 fully saturated rings. The summed E-state index contributed by atoms with van der Waals surface area (Å²) in [5.74, 6) is -0.0846. The monoisotopic (exact) mass is 260 g/mol. The summed E-state index contributed by atoms with van der Waals surface area (Å²) in [7, 11) is -3.42. The van der Waals surface area contributed by atoms with Crippen molar-refractivity contribution < 1.29 is 8.42 Å². The number of primary sulfonamides is 1. The van der Waals surface area contributed by atoms with E-state index >= 15 is 0 Å². The van der Waals surface area contributed by atoms with Gasteiger partial charge >= 0.3 is 0 Å². The van der Waals surface area contributed by atoms with Gasteiger partial charge in [0.25, 0.3) is 0 Å². The van der Waals surface area contributed by atoms with Crippen LogP contribution in [0.3, 0.4) is 0 Å². The van der Waals surface area contributed by atoms with Crippen LogP contribution in [-0.4, -0.2) is 30.5 Å². The number of aryl methyl sites for hydroxylation is 1. The Balaban J connectivity index is 2.78. The zero-order valence-corrected chi connectivity index (χ0v) is 11.5. The van der Waals surface area contributed by atoms with Gasteiger partial charge in [0.1, 0.15) is 0 Å². The van der Waals surface area contributed by atoms with E-state index in [0.717, 1.165) is 17.1 Å². The zero-order chi connectivity index (χ0) is 13.2. The SMILES string of the molecule is Cc1nn(C(C)C)c(C)c1NCCS(N)(=O)=O. The lowest BCUT2D eigenvalue weighted by atomic mass is 10.3. The van der Waals surface area contributed by atoms with Gasteiger partial charge in [-0.25, -0.2) is 13.6 Å². The summed E-state index contributed by atoms with van der Waals surface area (Å²) in [4.78, 5) is 0. The maximum absolute atomic E-state index is 10.8. The summed E-state index contributed by atoms with van der Waals surface area (Å²) in [5.41, 5.74) is 2.76. The molecule has 0 aliphatic heterocycles. The molecule has 0 aliphatic rings. The Morgan fingerprint density at radius 3 is 2.41 bits per heavy atom. The van der Waals surface area contributed by atoms with Gasteiger partial charge in [-0.2, -0.15) is 5.10 Å². The molecule has 1 aromatic heterocycles. The van der Waals surface area contributed by atoms with Gasteiger partial charge in [0.05, 0.1) is 22.8 Å². The normalized spacial score (nSPS) is 12.1. The third-order valence-electron chi connectivity index (χ3n) is 2.50. The lowest BCUT2D eigenvalue weighted by Crippen LogP contribution is -2.22. The summed E-state index contributed by atoms with van der Waals surface area (Å²) in [6, 6.07) is 0.280. The van der Waals surface area contributed by atoms with E-state index in [-0.39, 0.29) is 11.8 Å². The van der Waals surface area contributed by atoms with Crippen LogP contribution in [-0.2, 0) is 10.0 Å². The molecule has 0 atom stereocenters. The molecule has 3 N–H and O–H groups in total. The Bertz CT molecular complexity index is 491. The highest BCUT2D eigenvalue weighted by molar-refractivity contribution is 7.89. The second kappa shape index (κ2) is 5.05. The number of aromatic nitrogens is 2. The highest BCUT2D eigenvalue weighted by atomic mass is 32.2. The molecule has 17 heavy (non-hydrogen) atoms. The first-order valence-corrected chi connectivity index (χ1v) is 7.24. The first-order chi connectivity index (χ1) is 7.72. The molecule has 0 aromatic carbocycles. The van der Waals surface area contributed by atoms with Gasteiger partial charge in [0, 0.05) is 12.6 Å². The molecule has 0 amide bonds. The maximum atomic E-state index is 10.8. The van der Waals surface area contributed by atoms with E-state index in [9.17, 15) is 8.42 Å². The Morgan fingerprint density at radius 2 is 2.00 bits per heavy atom. The second-order valence-corrected chi connectivity index (χ2v) is 6.11. The van der Waals surface area contributed by atoms with Crippen LogP contribution in [0.25, 0.3) is 0 Å². The van der Waals surface area contributed by atoms with Gasteiger partial charge in [-0.3, -0.25) is 4.68 Å². The van der Waals surface area contributed by atoms with Crippen LogP contribution in [0.5, 0.6) is 0 Å². The topological polar surface area (TPSA) is 90.0 Å². The largest absolute Gasteiger partial charge is 0.381 e. The van der Waals surface area contributed by atoms with Crippen molar-refractivity contribution in [2.45, 2.75) is 33.7 Å². The van der Waals surface area contributed by atoms with Crippen molar-refractivity contribution >= 4 is 15.7 Å². The van der Waals surface area contributed by atoms with Crippen LogP contribution in [0.4, 0.5) is 5.69 Å². The fourth-order valence-corrected chi connectivity index (χ4v) is 2.13. The molecular weight excluding hydrogens is 240 g/mol. The van der Waals surface area contributed by atoms with Gasteiger partial charge < -0.3 is 5.32 Å². The number of rotatable bonds is 5. The van der Waals surface area contributed by atoms with Crippen molar-refractivity contribution in [3.8, 4) is 0 Å². The molecule has 0 aliphatic carbocycles. The standard InChI is InChI=1S/C10H20N4O2S/c1-7(2)14-9(4)10(8(3)13-14)12-5-6-17(11,15)16/h7,12H,5-6H2,1-4H3,(H2,11,15,16). The molecule has 0 spiro atoms. The van der Waals surface area contributed by atoms with E-state index in [1.165, 1.54) is 0 Å². The van der Waals surface area contributed by atoms with Gasteiger partial charge in [-0.1, -0.05) is 0 Å². The average Bonchev–Trinajstić information content (AvgIpc) is 2.43. The van der Waals surface area contributed by atoms with Gasteiger partial charge in [0.15, 0.2) is 0 Å². The third-order valence-corrected chi connectivity index (χ3v) is 3.28. The van der Waals surface area contributed by atoms with E-state index in [4.69, 9.17) is 5.14 Å². The summed E-state index contributed by atoms with van der Waals surface area (Å²) < 4.78 is 23.6. The van der Waals surface area contributed by atoms with E-state index < -0.39 is 10.0 Å². The molecule has 1 heterocycles. The molecule has 1 rings (SSSR count). The fraction of sp³-hybridized carbons (Fsp3) is 0.700. The number of nitrogens with two attached hydrogens (primary N) is 1. The third kappa shape index (κ3) is 3.71. The number of nitrogens with zero attached hydrogens (tertiary/aromatic N) is 2. The zero-order valence-electron chi connectivity index (χ0n) is 10.7. The van der Waals surface area contributed by atoms with Crippen molar-refractivity contribution in [1.82, 2.24) is 9.78 Å². The molecule has 7 heteroatoms. The number of anilines is 1. The molecule has 0 radical (unpaired) electrons. The summed E-state index contributed by atoms with van der Waals surface area (Å²) >= 11 is 0. The van der Waals surface area contributed by atoms with Crippen molar-refractivity contribution in [3.05, 3.63) is 11.4 Å². The molecular formula is C10H20N4O2S. The van der Waals surface area contributed by atoms with Gasteiger partial charge in [0.2, 0.25) is 10.0 Å². The minimum absolute atomic E-state index is 0.0846. The Kier molecular flexibility index (Phi) is 4.16. The van der Waals surface area contributed by atoms with Crippen molar-refractivity contribution in [2.24, 2.45) is 5.14 Å². The minimum Gasteiger partial charge on any atom is -0.381 e. The van der Waals surface area contributed by atoms with Gasteiger partial charge in [-0.05, 0) is 27.7 Å². The highest BCUT2D eigenvalue weighted by Crippen LogP contribution is 2.21. The lowest BCUT2D eigenvalue weighted by molar-refractivity contribution is 0.516. The van der Waals surface area contributed by atoms with E-state index in [1.807, 2.05) is 32.4 Å². The quantitative estimate of drug-likeness (QED) is 0.818. The number of nitrogens with one attached hydrogen (secondary N) is 1. The van der Waals surface area contributed by atoms with Crippen LogP contribution in [0, 0.1) is 13.8 Å². The van der Waals surface area contributed by atoms with E-state index in [0.29, 0.717) is 6.54 Å². The molecule has 1 aromatic rings. The smallest absolute Gasteiger partial charge is 0.210 e. The fourth-order valence-electron chi connectivity index (χ4n) is 1.74. The highest BCUT2D eigenvalue weighted by Gasteiger charge is 2.13. The Hall–Kier alpha value is -1.08. The van der Waals surface area contributed by atoms with Crippen LogP contribution >= 0.6 is 0 Å². The van der Waals surface area contributed by atoms with Crippen LogP contribution in [0.15, 0.2) is 0 Å². The second-order valence-electron chi connectivity index (χ2n) is 4.38. The Morgan fingerprint density at radius 1 is 1.41 bits per heavy atom. The summed E-state index contributed by atoms with van der Waals surface area (Å²) in [6.45, 7) is 8.25. The minimum atomic E-state index is -3.42.